The maximum Gasteiger partial charge on any atom is 0.138 e. The Balaban J connectivity index is 2.18. The van der Waals surface area contributed by atoms with Gasteiger partial charge in [0.1, 0.15) is 18.0 Å². The molecule has 0 fully saturated rings. The summed E-state index contributed by atoms with van der Waals surface area (Å²) in [5.41, 5.74) is 1.00. The summed E-state index contributed by atoms with van der Waals surface area (Å²) in [4.78, 5) is 13.1. The molecule has 1 atom stereocenters. The van der Waals surface area contributed by atoms with Crippen molar-refractivity contribution in [2.45, 2.75) is 46.7 Å². The molecule has 1 unspecified atom stereocenters. The topological polar surface area (TPSA) is 68.5 Å². The Labute approximate surface area is 126 Å². The van der Waals surface area contributed by atoms with Gasteiger partial charge in [0.25, 0.3) is 0 Å². The minimum Gasteiger partial charge on any atom is -0.309 e. The summed E-state index contributed by atoms with van der Waals surface area (Å²) in [6.07, 6.45) is 4.21. The molecule has 0 aromatic carbocycles. The summed E-state index contributed by atoms with van der Waals surface area (Å²) >= 11 is 0. The molecule has 21 heavy (non-hydrogen) atoms. The van der Waals surface area contributed by atoms with Gasteiger partial charge in [0.2, 0.25) is 0 Å². The first-order valence-corrected chi connectivity index (χ1v) is 7.49. The monoisotopic (exact) mass is 288 g/mol. The molecule has 0 aliphatic rings. The highest BCUT2D eigenvalue weighted by Crippen LogP contribution is 2.15. The molecule has 6 heteroatoms. The summed E-state index contributed by atoms with van der Waals surface area (Å²) in [5.74, 6) is 2.33. The molecule has 0 aliphatic heterocycles. The predicted molar refractivity (Wildman–Crippen MR) is 81.8 cm³/mol. The predicted octanol–water partition coefficient (Wildman–Crippen LogP) is 1.93. The van der Waals surface area contributed by atoms with E-state index in [4.69, 9.17) is 0 Å². The zero-order chi connectivity index (χ0) is 15.2. The maximum atomic E-state index is 4.53. The molecule has 2 aromatic heterocycles. The summed E-state index contributed by atoms with van der Waals surface area (Å²) < 4.78 is 1.99. The summed E-state index contributed by atoms with van der Waals surface area (Å²) in [6, 6.07) is 2.09. The van der Waals surface area contributed by atoms with E-state index in [1.54, 1.807) is 12.5 Å². The lowest BCUT2D eigenvalue weighted by molar-refractivity contribution is 0.444. The zero-order valence-electron chi connectivity index (χ0n) is 13.2. The van der Waals surface area contributed by atoms with Gasteiger partial charge in [-0.2, -0.15) is 5.10 Å². The van der Waals surface area contributed by atoms with E-state index in [0.717, 1.165) is 36.9 Å². The van der Waals surface area contributed by atoms with Crippen LogP contribution in [-0.4, -0.2) is 31.3 Å². The van der Waals surface area contributed by atoms with Gasteiger partial charge in [0.15, 0.2) is 0 Å². The van der Waals surface area contributed by atoms with E-state index in [1.807, 2.05) is 17.7 Å². The van der Waals surface area contributed by atoms with Crippen molar-refractivity contribution in [3.63, 3.8) is 0 Å². The largest absolute Gasteiger partial charge is 0.309 e. The molecule has 2 heterocycles. The Hall–Kier alpha value is -1.82. The van der Waals surface area contributed by atoms with Crippen molar-refractivity contribution in [1.29, 1.82) is 0 Å². The fourth-order valence-corrected chi connectivity index (χ4v) is 2.32. The number of aromatic nitrogens is 5. The third kappa shape index (κ3) is 4.32. The SMILES string of the molecule is CCNC(Cc1ncnn1CC(C)C)c1ccnc(C)n1. The molecule has 1 N–H and O–H groups in total. The van der Waals surface area contributed by atoms with E-state index in [0.29, 0.717) is 5.92 Å². The Morgan fingerprint density at radius 2 is 2.10 bits per heavy atom. The van der Waals surface area contributed by atoms with Crippen LogP contribution < -0.4 is 5.32 Å². The molecule has 0 saturated carbocycles. The van der Waals surface area contributed by atoms with Crippen molar-refractivity contribution in [2.75, 3.05) is 6.54 Å². The number of hydrogen-bond acceptors (Lipinski definition) is 5. The van der Waals surface area contributed by atoms with Gasteiger partial charge in [0.05, 0.1) is 11.7 Å². The van der Waals surface area contributed by atoms with E-state index in [1.165, 1.54) is 0 Å². The van der Waals surface area contributed by atoms with Gasteiger partial charge in [-0.3, -0.25) is 0 Å². The quantitative estimate of drug-likeness (QED) is 0.843. The number of hydrogen-bond donors (Lipinski definition) is 1. The minimum absolute atomic E-state index is 0.131. The van der Waals surface area contributed by atoms with Crippen molar-refractivity contribution in [1.82, 2.24) is 30.0 Å². The van der Waals surface area contributed by atoms with Gasteiger partial charge < -0.3 is 5.32 Å². The van der Waals surface area contributed by atoms with Crippen molar-refractivity contribution in [3.8, 4) is 0 Å². The highest BCUT2D eigenvalue weighted by molar-refractivity contribution is 5.10. The Bertz CT molecular complexity index is 563. The van der Waals surface area contributed by atoms with Crippen LogP contribution in [-0.2, 0) is 13.0 Å². The highest BCUT2D eigenvalue weighted by atomic mass is 15.3. The first-order chi connectivity index (χ1) is 10.1. The number of rotatable bonds is 7. The maximum absolute atomic E-state index is 4.53. The number of likely N-dealkylation sites (N-methyl/N-ethyl adjacent to an activating group) is 1. The molecular weight excluding hydrogens is 264 g/mol. The van der Waals surface area contributed by atoms with Crippen molar-refractivity contribution < 1.29 is 0 Å². The molecule has 0 amide bonds. The normalized spacial score (nSPS) is 12.8. The third-order valence-corrected chi connectivity index (χ3v) is 3.23. The second kappa shape index (κ2) is 7.26. The van der Waals surface area contributed by atoms with Crippen LogP contribution in [0.2, 0.25) is 0 Å². The second-order valence-corrected chi connectivity index (χ2v) is 5.60. The Morgan fingerprint density at radius 3 is 2.76 bits per heavy atom. The minimum atomic E-state index is 0.131. The lowest BCUT2D eigenvalue weighted by atomic mass is 10.1. The van der Waals surface area contributed by atoms with E-state index < -0.39 is 0 Å². The van der Waals surface area contributed by atoms with Crippen molar-refractivity contribution in [3.05, 3.63) is 35.9 Å². The van der Waals surface area contributed by atoms with Gasteiger partial charge in [-0.05, 0) is 25.5 Å². The van der Waals surface area contributed by atoms with Gasteiger partial charge in [-0.15, -0.1) is 0 Å². The summed E-state index contributed by atoms with van der Waals surface area (Å²) in [5, 5.41) is 7.80. The molecule has 0 aliphatic carbocycles. The molecular formula is C15H24N6. The average Bonchev–Trinajstić information content (AvgIpc) is 2.85. The molecule has 2 aromatic rings. The molecule has 6 nitrogen and oxygen atoms in total. The first kappa shape index (κ1) is 15.6. The van der Waals surface area contributed by atoms with Crippen LogP contribution in [0.4, 0.5) is 0 Å². The van der Waals surface area contributed by atoms with Crippen LogP contribution in [0.25, 0.3) is 0 Å². The molecule has 0 spiro atoms. The van der Waals surface area contributed by atoms with Gasteiger partial charge in [-0.1, -0.05) is 20.8 Å². The van der Waals surface area contributed by atoms with E-state index in [9.17, 15) is 0 Å². The molecule has 114 valence electrons. The molecule has 2 rings (SSSR count). The smallest absolute Gasteiger partial charge is 0.138 e. The van der Waals surface area contributed by atoms with Crippen LogP contribution in [0.3, 0.4) is 0 Å². The molecule has 0 radical (unpaired) electrons. The highest BCUT2D eigenvalue weighted by Gasteiger charge is 2.17. The van der Waals surface area contributed by atoms with E-state index in [2.05, 4.69) is 46.1 Å². The van der Waals surface area contributed by atoms with Crippen LogP contribution in [0, 0.1) is 12.8 Å². The zero-order valence-corrected chi connectivity index (χ0v) is 13.2. The average molecular weight is 288 g/mol. The molecule has 0 saturated heterocycles. The van der Waals surface area contributed by atoms with Gasteiger partial charge in [-0.25, -0.2) is 19.6 Å². The fraction of sp³-hybridized carbons (Fsp3) is 0.600. The second-order valence-electron chi connectivity index (χ2n) is 5.60. The van der Waals surface area contributed by atoms with Gasteiger partial charge in [0, 0.05) is 19.2 Å². The van der Waals surface area contributed by atoms with E-state index >= 15 is 0 Å². The van der Waals surface area contributed by atoms with Crippen LogP contribution >= 0.6 is 0 Å². The standard InChI is InChI=1S/C15H24N6/c1-5-16-14(13-6-7-17-12(4)20-13)8-15-18-10-19-21(15)9-11(2)3/h6-7,10-11,14,16H,5,8-9H2,1-4H3. The summed E-state index contributed by atoms with van der Waals surface area (Å²) in [7, 11) is 0. The number of aryl methyl sites for hydroxylation is 1. The molecule has 0 bridgehead atoms. The van der Waals surface area contributed by atoms with Crippen LogP contribution in [0.5, 0.6) is 0 Å². The van der Waals surface area contributed by atoms with E-state index in [-0.39, 0.29) is 6.04 Å². The van der Waals surface area contributed by atoms with Crippen molar-refractivity contribution >= 4 is 0 Å². The number of nitrogens with one attached hydrogen (secondary N) is 1. The van der Waals surface area contributed by atoms with Crippen molar-refractivity contribution in [2.24, 2.45) is 5.92 Å². The summed E-state index contributed by atoms with van der Waals surface area (Å²) in [6.45, 7) is 10.1. The Morgan fingerprint density at radius 1 is 1.29 bits per heavy atom. The number of nitrogens with zero attached hydrogens (tertiary/aromatic N) is 5. The fourth-order valence-electron chi connectivity index (χ4n) is 2.32. The Kier molecular flexibility index (Phi) is 5.38. The lowest BCUT2D eigenvalue weighted by Gasteiger charge is -2.18. The first-order valence-electron chi connectivity index (χ1n) is 7.49. The third-order valence-electron chi connectivity index (χ3n) is 3.23. The van der Waals surface area contributed by atoms with Crippen LogP contribution in [0.15, 0.2) is 18.6 Å². The van der Waals surface area contributed by atoms with Gasteiger partial charge >= 0.3 is 0 Å². The van der Waals surface area contributed by atoms with Crippen LogP contribution in [0.1, 0.15) is 44.2 Å². The lowest BCUT2D eigenvalue weighted by Crippen LogP contribution is -2.26.